The molecule has 0 fully saturated rings. The fourth-order valence-corrected chi connectivity index (χ4v) is 2.93. The first-order valence-corrected chi connectivity index (χ1v) is 8.73. The molecule has 2 amide bonds. The minimum atomic E-state index is -0.839. The van der Waals surface area contributed by atoms with Crippen LogP contribution >= 0.6 is 0 Å². The van der Waals surface area contributed by atoms with Gasteiger partial charge in [-0.3, -0.25) is 9.59 Å². The maximum absolute atomic E-state index is 12.4. The number of methoxy groups -OCH3 is 1. The van der Waals surface area contributed by atoms with Crippen molar-refractivity contribution in [2.45, 2.75) is 25.4 Å². The molecule has 1 atom stereocenters. The van der Waals surface area contributed by atoms with E-state index in [0.29, 0.717) is 6.54 Å². The number of likely N-dealkylation sites (N-methyl/N-ethyl adjacent to an activating group) is 1. The average molecular weight is 371 g/mol. The third kappa shape index (κ3) is 5.52. The van der Waals surface area contributed by atoms with Crippen LogP contribution in [0.5, 0.6) is 0 Å². The fraction of sp³-hybridized carbons (Fsp3) is 0.350. The number of hydrogen-bond donors (Lipinski definition) is 2. The van der Waals surface area contributed by atoms with Crippen molar-refractivity contribution in [2.24, 2.45) is 5.73 Å². The maximum Gasteiger partial charge on any atom is 0.328 e. The molecule has 0 aliphatic rings. The third-order valence-corrected chi connectivity index (χ3v) is 4.47. The zero-order valence-corrected chi connectivity index (χ0v) is 15.6. The van der Waals surface area contributed by atoms with Crippen molar-refractivity contribution in [3.63, 3.8) is 0 Å². The van der Waals surface area contributed by atoms with Gasteiger partial charge in [-0.15, -0.1) is 0 Å². The lowest BCUT2D eigenvalue weighted by Gasteiger charge is -2.26. The topological polar surface area (TPSA) is 102 Å². The Hall–Kier alpha value is -2.93. The summed E-state index contributed by atoms with van der Waals surface area (Å²) in [5, 5.41) is 5.38. The second kappa shape index (κ2) is 9.68. The van der Waals surface area contributed by atoms with Crippen LogP contribution in [0.2, 0.25) is 0 Å². The van der Waals surface area contributed by atoms with Gasteiger partial charge in [0.1, 0.15) is 6.04 Å². The number of nitrogens with two attached hydrogens (primary N) is 1. The summed E-state index contributed by atoms with van der Waals surface area (Å²) in [7, 11) is 2.77. The van der Waals surface area contributed by atoms with Gasteiger partial charge in [0.05, 0.1) is 13.7 Å². The summed E-state index contributed by atoms with van der Waals surface area (Å²) in [5.41, 5.74) is 6.23. The number of amides is 2. The number of fused-ring (bicyclic) bond motifs is 1. The minimum Gasteiger partial charge on any atom is -0.467 e. The van der Waals surface area contributed by atoms with Gasteiger partial charge in [-0.05, 0) is 22.8 Å². The molecule has 0 aromatic heterocycles. The van der Waals surface area contributed by atoms with E-state index in [9.17, 15) is 14.4 Å². The van der Waals surface area contributed by atoms with E-state index in [1.54, 1.807) is 0 Å². The van der Waals surface area contributed by atoms with Gasteiger partial charge < -0.3 is 20.7 Å². The number of rotatable bonds is 9. The van der Waals surface area contributed by atoms with E-state index in [4.69, 9.17) is 10.5 Å². The smallest absolute Gasteiger partial charge is 0.328 e. The van der Waals surface area contributed by atoms with Crippen LogP contribution in [0.25, 0.3) is 10.8 Å². The standard InChI is InChI=1S/C20H25N3O4/c1-23(17(20(26)27-2)10-11-18(21)24)19(25)13-22-12-15-8-5-7-14-6-3-4-9-16(14)15/h3-9,17,22H,10-13H2,1-2H3,(H2,21,24)/t17-/m0/s1. The van der Waals surface area contributed by atoms with Gasteiger partial charge in [0, 0.05) is 20.0 Å². The molecule has 0 saturated heterocycles. The number of hydrogen-bond acceptors (Lipinski definition) is 5. The summed E-state index contributed by atoms with van der Waals surface area (Å²) >= 11 is 0. The Bertz CT molecular complexity index is 816. The Labute approximate surface area is 158 Å². The molecule has 0 saturated carbocycles. The van der Waals surface area contributed by atoms with E-state index in [-0.39, 0.29) is 25.3 Å². The molecule has 0 spiro atoms. The Balaban J connectivity index is 1.96. The first-order valence-electron chi connectivity index (χ1n) is 8.73. The van der Waals surface area contributed by atoms with Crippen molar-refractivity contribution in [2.75, 3.05) is 20.7 Å². The second-order valence-electron chi connectivity index (χ2n) is 6.29. The summed E-state index contributed by atoms with van der Waals surface area (Å²) in [6, 6.07) is 13.2. The number of nitrogens with one attached hydrogen (secondary N) is 1. The Morgan fingerprint density at radius 1 is 1.15 bits per heavy atom. The molecule has 144 valence electrons. The Morgan fingerprint density at radius 3 is 2.56 bits per heavy atom. The zero-order chi connectivity index (χ0) is 19.8. The number of nitrogens with zero attached hydrogens (tertiary/aromatic N) is 1. The van der Waals surface area contributed by atoms with Crippen LogP contribution in [0.4, 0.5) is 0 Å². The number of benzene rings is 2. The highest BCUT2D eigenvalue weighted by atomic mass is 16.5. The van der Waals surface area contributed by atoms with Crippen molar-refractivity contribution in [3.8, 4) is 0 Å². The molecule has 0 aliphatic carbocycles. The van der Waals surface area contributed by atoms with E-state index < -0.39 is 17.9 Å². The monoisotopic (exact) mass is 371 g/mol. The largest absolute Gasteiger partial charge is 0.467 e. The van der Waals surface area contributed by atoms with Crippen molar-refractivity contribution in [3.05, 3.63) is 48.0 Å². The van der Waals surface area contributed by atoms with Crippen LogP contribution in [0.1, 0.15) is 18.4 Å². The number of ether oxygens (including phenoxy) is 1. The van der Waals surface area contributed by atoms with Crippen molar-refractivity contribution >= 4 is 28.6 Å². The summed E-state index contributed by atoms with van der Waals surface area (Å²) in [4.78, 5) is 36.7. The predicted octanol–water partition coefficient (Wildman–Crippen LogP) is 1.19. The van der Waals surface area contributed by atoms with E-state index in [0.717, 1.165) is 16.3 Å². The first kappa shape index (κ1) is 20.4. The van der Waals surface area contributed by atoms with Crippen LogP contribution in [-0.2, 0) is 25.7 Å². The molecular weight excluding hydrogens is 346 g/mol. The molecule has 7 nitrogen and oxygen atoms in total. The van der Waals surface area contributed by atoms with E-state index in [1.807, 2.05) is 42.5 Å². The highest BCUT2D eigenvalue weighted by Crippen LogP contribution is 2.18. The normalized spacial score (nSPS) is 11.8. The molecule has 0 unspecified atom stereocenters. The molecule has 0 radical (unpaired) electrons. The molecule has 27 heavy (non-hydrogen) atoms. The predicted molar refractivity (Wildman–Crippen MR) is 103 cm³/mol. The number of carbonyl (C=O) groups is 3. The lowest BCUT2D eigenvalue weighted by atomic mass is 10.0. The zero-order valence-electron chi connectivity index (χ0n) is 15.6. The number of esters is 1. The molecule has 0 bridgehead atoms. The molecule has 0 heterocycles. The molecule has 0 aliphatic heterocycles. The van der Waals surface area contributed by atoms with Gasteiger partial charge in [-0.2, -0.15) is 0 Å². The summed E-state index contributed by atoms with van der Waals surface area (Å²) in [5.74, 6) is -1.37. The van der Waals surface area contributed by atoms with Crippen LogP contribution < -0.4 is 11.1 Å². The van der Waals surface area contributed by atoms with Gasteiger partial charge in [0.15, 0.2) is 0 Å². The Kier molecular flexibility index (Phi) is 7.31. The molecule has 2 aromatic rings. The quantitative estimate of drug-likeness (QED) is 0.645. The van der Waals surface area contributed by atoms with Crippen LogP contribution in [0, 0.1) is 0 Å². The summed E-state index contributed by atoms with van der Waals surface area (Å²) in [6.07, 6.45) is 0.133. The van der Waals surface area contributed by atoms with Crippen LogP contribution in [0.15, 0.2) is 42.5 Å². The molecule has 3 N–H and O–H groups in total. The third-order valence-electron chi connectivity index (χ3n) is 4.47. The van der Waals surface area contributed by atoms with E-state index in [1.165, 1.54) is 19.1 Å². The first-order chi connectivity index (χ1) is 12.9. The Morgan fingerprint density at radius 2 is 1.85 bits per heavy atom. The maximum atomic E-state index is 12.4. The average Bonchev–Trinajstić information content (AvgIpc) is 2.67. The van der Waals surface area contributed by atoms with Gasteiger partial charge in [-0.25, -0.2) is 4.79 Å². The molecule has 7 heteroatoms. The second-order valence-corrected chi connectivity index (χ2v) is 6.29. The van der Waals surface area contributed by atoms with E-state index in [2.05, 4.69) is 5.32 Å². The SMILES string of the molecule is COC(=O)[C@H](CCC(N)=O)N(C)C(=O)CNCc1cccc2ccccc12. The molecule has 2 rings (SSSR count). The van der Waals surface area contributed by atoms with Crippen LogP contribution in [-0.4, -0.2) is 49.4 Å². The minimum absolute atomic E-state index is 0.000813. The van der Waals surface area contributed by atoms with Gasteiger partial charge in [0.2, 0.25) is 11.8 Å². The fourth-order valence-electron chi connectivity index (χ4n) is 2.93. The molecular formula is C20H25N3O4. The number of primary amides is 1. The lowest BCUT2D eigenvalue weighted by Crippen LogP contribution is -2.46. The lowest BCUT2D eigenvalue weighted by molar-refractivity contribution is -0.152. The van der Waals surface area contributed by atoms with Gasteiger partial charge in [-0.1, -0.05) is 42.5 Å². The van der Waals surface area contributed by atoms with Crippen molar-refractivity contribution in [1.29, 1.82) is 0 Å². The molecule has 2 aromatic carbocycles. The van der Waals surface area contributed by atoms with Gasteiger partial charge in [0.25, 0.3) is 0 Å². The highest BCUT2D eigenvalue weighted by molar-refractivity contribution is 5.87. The van der Waals surface area contributed by atoms with Gasteiger partial charge >= 0.3 is 5.97 Å². The number of carbonyl (C=O) groups excluding carboxylic acids is 3. The van der Waals surface area contributed by atoms with Crippen molar-refractivity contribution < 1.29 is 19.1 Å². The summed E-state index contributed by atoms with van der Waals surface area (Å²) < 4.78 is 4.73. The van der Waals surface area contributed by atoms with Crippen molar-refractivity contribution in [1.82, 2.24) is 10.2 Å². The van der Waals surface area contributed by atoms with Crippen LogP contribution in [0.3, 0.4) is 0 Å². The van der Waals surface area contributed by atoms with E-state index >= 15 is 0 Å². The highest BCUT2D eigenvalue weighted by Gasteiger charge is 2.27. The summed E-state index contributed by atoms with van der Waals surface area (Å²) in [6.45, 7) is 0.578.